The predicted octanol–water partition coefficient (Wildman–Crippen LogP) is 2.33. The van der Waals surface area contributed by atoms with Crippen molar-refractivity contribution < 1.29 is 14.7 Å². The molecule has 21 heavy (non-hydrogen) atoms. The monoisotopic (exact) mass is 374 g/mol. The zero-order valence-electron chi connectivity index (χ0n) is 11.6. The van der Waals surface area contributed by atoms with E-state index in [-0.39, 0.29) is 5.91 Å². The van der Waals surface area contributed by atoms with Gasteiger partial charge in [0.15, 0.2) is 0 Å². The van der Waals surface area contributed by atoms with Crippen LogP contribution < -0.4 is 0 Å². The summed E-state index contributed by atoms with van der Waals surface area (Å²) in [5.74, 6) is -0.958. The molecule has 1 heterocycles. The minimum Gasteiger partial charge on any atom is -0.480 e. The maximum atomic E-state index is 12.4. The fourth-order valence-electron chi connectivity index (χ4n) is 2.30. The van der Waals surface area contributed by atoms with Crippen LogP contribution in [0.15, 0.2) is 22.7 Å². The highest BCUT2D eigenvalue weighted by atomic mass is 79.9. The molecule has 0 bridgehead atoms. The fourth-order valence-corrected chi connectivity index (χ4v) is 3.06. The number of carbonyl (C=O) groups is 2. The molecule has 7 heteroatoms. The largest absolute Gasteiger partial charge is 0.480 e. The van der Waals surface area contributed by atoms with Gasteiger partial charge < -0.3 is 10.0 Å². The van der Waals surface area contributed by atoms with Crippen molar-refractivity contribution in [3.05, 3.63) is 33.3 Å². The smallest absolute Gasteiger partial charge is 0.320 e. The predicted molar refractivity (Wildman–Crippen MR) is 83.7 cm³/mol. The van der Waals surface area contributed by atoms with Gasteiger partial charge in [0.1, 0.15) is 6.04 Å². The van der Waals surface area contributed by atoms with Crippen LogP contribution in [-0.4, -0.2) is 59.0 Å². The minimum atomic E-state index is -0.842. The molecule has 1 saturated heterocycles. The number of piperazine rings is 1. The average Bonchev–Trinajstić information content (AvgIpc) is 2.46. The molecule has 2 rings (SSSR count). The van der Waals surface area contributed by atoms with Gasteiger partial charge >= 0.3 is 5.97 Å². The summed E-state index contributed by atoms with van der Waals surface area (Å²) >= 11 is 9.41. The third-order valence-electron chi connectivity index (χ3n) is 3.67. The van der Waals surface area contributed by atoms with Gasteiger partial charge in [-0.05, 0) is 25.1 Å². The molecule has 0 spiro atoms. The zero-order chi connectivity index (χ0) is 15.6. The lowest BCUT2D eigenvalue weighted by Gasteiger charge is -2.36. The normalized spacial score (nSPS) is 17.6. The molecule has 114 valence electrons. The van der Waals surface area contributed by atoms with Gasteiger partial charge in [0, 0.05) is 30.7 Å². The standard InChI is InChI=1S/C14H16BrClN2O3/c1-9(14(20)21)17-4-6-18(7-5-17)13(19)11-3-2-10(15)8-12(11)16/h2-3,8-9H,4-7H2,1H3,(H,20,21). The molecule has 1 aliphatic heterocycles. The molecule has 1 amide bonds. The van der Waals surface area contributed by atoms with Gasteiger partial charge in [0.2, 0.25) is 0 Å². The van der Waals surface area contributed by atoms with E-state index in [1.54, 1.807) is 30.0 Å². The highest BCUT2D eigenvalue weighted by molar-refractivity contribution is 9.10. The van der Waals surface area contributed by atoms with Crippen molar-refractivity contribution in [1.29, 1.82) is 0 Å². The highest BCUT2D eigenvalue weighted by Crippen LogP contribution is 2.23. The maximum absolute atomic E-state index is 12.4. The number of nitrogens with zero attached hydrogens (tertiary/aromatic N) is 2. The van der Waals surface area contributed by atoms with Gasteiger partial charge in [-0.2, -0.15) is 0 Å². The number of hydrogen-bond acceptors (Lipinski definition) is 3. The van der Waals surface area contributed by atoms with Crippen LogP contribution in [-0.2, 0) is 4.79 Å². The number of hydrogen-bond donors (Lipinski definition) is 1. The summed E-state index contributed by atoms with van der Waals surface area (Å²) < 4.78 is 0.823. The van der Waals surface area contributed by atoms with Crippen molar-refractivity contribution in [3.63, 3.8) is 0 Å². The first-order chi connectivity index (χ1) is 9.90. The van der Waals surface area contributed by atoms with Gasteiger partial charge in [-0.25, -0.2) is 0 Å². The molecule has 0 aliphatic carbocycles. The SMILES string of the molecule is CC(C(=O)O)N1CCN(C(=O)c2ccc(Br)cc2Cl)CC1. The number of carbonyl (C=O) groups excluding carboxylic acids is 1. The summed E-state index contributed by atoms with van der Waals surface area (Å²) in [6.45, 7) is 3.76. The van der Waals surface area contributed by atoms with E-state index in [1.165, 1.54) is 0 Å². The van der Waals surface area contributed by atoms with Crippen LogP contribution >= 0.6 is 27.5 Å². The Bertz CT molecular complexity index is 559. The summed E-state index contributed by atoms with van der Waals surface area (Å²) in [7, 11) is 0. The van der Waals surface area contributed by atoms with Gasteiger partial charge in [0.25, 0.3) is 5.91 Å². The third kappa shape index (κ3) is 3.75. The molecular formula is C14H16BrClN2O3. The van der Waals surface area contributed by atoms with E-state index >= 15 is 0 Å². The van der Waals surface area contributed by atoms with Crippen molar-refractivity contribution in [2.24, 2.45) is 0 Å². The van der Waals surface area contributed by atoms with Crippen LogP contribution in [0.2, 0.25) is 5.02 Å². The summed E-state index contributed by atoms with van der Waals surface area (Å²) in [5, 5.41) is 9.42. The Hall–Kier alpha value is -1.11. The minimum absolute atomic E-state index is 0.116. The Morgan fingerprint density at radius 2 is 1.90 bits per heavy atom. The summed E-state index contributed by atoms with van der Waals surface area (Å²) in [5.41, 5.74) is 0.472. The van der Waals surface area contributed by atoms with E-state index in [1.807, 2.05) is 4.90 Å². The fraction of sp³-hybridized carbons (Fsp3) is 0.429. The number of amides is 1. The first-order valence-electron chi connectivity index (χ1n) is 6.61. The van der Waals surface area contributed by atoms with Gasteiger partial charge in [-0.3, -0.25) is 14.5 Å². The summed E-state index contributed by atoms with van der Waals surface area (Å²) in [6.07, 6.45) is 0. The van der Waals surface area contributed by atoms with Crippen LogP contribution in [0.1, 0.15) is 17.3 Å². The second-order valence-corrected chi connectivity index (χ2v) is 6.29. The molecule has 1 unspecified atom stereocenters. The van der Waals surface area contributed by atoms with Gasteiger partial charge in [0.05, 0.1) is 10.6 Å². The molecule has 1 fully saturated rings. The number of carboxylic acid groups (broad SMARTS) is 1. The van der Waals surface area contributed by atoms with E-state index in [4.69, 9.17) is 16.7 Å². The second kappa shape index (κ2) is 6.77. The van der Waals surface area contributed by atoms with Crippen LogP contribution in [0.3, 0.4) is 0 Å². The first-order valence-corrected chi connectivity index (χ1v) is 7.78. The van der Waals surface area contributed by atoms with Crippen molar-refractivity contribution in [2.45, 2.75) is 13.0 Å². The van der Waals surface area contributed by atoms with Gasteiger partial charge in [-0.15, -0.1) is 0 Å². The Morgan fingerprint density at radius 3 is 2.43 bits per heavy atom. The topological polar surface area (TPSA) is 60.9 Å². The first kappa shape index (κ1) is 16.3. The van der Waals surface area contributed by atoms with Crippen molar-refractivity contribution in [3.8, 4) is 0 Å². The van der Waals surface area contributed by atoms with E-state index in [2.05, 4.69) is 15.9 Å². The lowest BCUT2D eigenvalue weighted by molar-refractivity contribution is -0.143. The van der Waals surface area contributed by atoms with Crippen molar-refractivity contribution >= 4 is 39.4 Å². The molecule has 1 atom stereocenters. The molecule has 0 radical (unpaired) electrons. The summed E-state index contributed by atoms with van der Waals surface area (Å²) in [4.78, 5) is 27.0. The van der Waals surface area contributed by atoms with E-state index in [9.17, 15) is 9.59 Å². The zero-order valence-corrected chi connectivity index (χ0v) is 13.9. The Balaban J connectivity index is 2.02. The molecule has 1 aromatic carbocycles. The van der Waals surface area contributed by atoms with Crippen molar-refractivity contribution in [1.82, 2.24) is 9.80 Å². The molecule has 1 aromatic rings. The maximum Gasteiger partial charge on any atom is 0.320 e. The Kier molecular flexibility index (Phi) is 5.24. The molecular weight excluding hydrogens is 360 g/mol. The highest BCUT2D eigenvalue weighted by Gasteiger charge is 2.28. The van der Waals surface area contributed by atoms with E-state index in [0.29, 0.717) is 36.8 Å². The Morgan fingerprint density at radius 1 is 1.29 bits per heavy atom. The lowest BCUT2D eigenvalue weighted by Crippen LogP contribution is -2.53. The number of rotatable bonds is 3. The third-order valence-corrected chi connectivity index (χ3v) is 4.47. The van der Waals surface area contributed by atoms with E-state index < -0.39 is 12.0 Å². The number of aliphatic carboxylic acids is 1. The van der Waals surface area contributed by atoms with Crippen LogP contribution in [0.4, 0.5) is 0 Å². The van der Waals surface area contributed by atoms with Crippen LogP contribution in [0.5, 0.6) is 0 Å². The molecule has 1 N–H and O–H groups in total. The quantitative estimate of drug-likeness (QED) is 0.881. The van der Waals surface area contributed by atoms with Gasteiger partial charge in [-0.1, -0.05) is 27.5 Å². The van der Waals surface area contributed by atoms with E-state index in [0.717, 1.165) is 4.47 Å². The number of carboxylic acids is 1. The lowest BCUT2D eigenvalue weighted by atomic mass is 10.1. The molecule has 0 saturated carbocycles. The number of benzene rings is 1. The molecule has 5 nitrogen and oxygen atoms in total. The van der Waals surface area contributed by atoms with Crippen LogP contribution in [0.25, 0.3) is 0 Å². The Labute approximate surface area is 136 Å². The summed E-state index contributed by atoms with van der Waals surface area (Å²) in [6, 6.07) is 4.64. The average molecular weight is 376 g/mol. The molecule has 0 aromatic heterocycles. The molecule has 1 aliphatic rings. The second-order valence-electron chi connectivity index (χ2n) is 4.97. The van der Waals surface area contributed by atoms with Crippen molar-refractivity contribution in [2.75, 3.05) is 26.2 Å². The van der Waals surface area contributed by atoms with Crippen LogP contribution in [0, 0.1) is 0 Å². The number of halogens is 2.